The zero-order valence-electron chi connectivity index (χ0n) is 13.5. The van der Waals surface area contributed by atoms with Crippen LogP contribution in [0.2, 0.25) is 0 Å². The monoisotopic (exact) mass is 281 g/mol. The predicted molar refractivity (Wildman–Crippen MR) is 82.5 cm³/mol. The average Bonchev–Trinajstić information content (AvgIpc) is 2.35. The molecule has 0 spiro atoms. The van der Waals surface area contributed by atoms with Crippen molar-refractivity contribution in [2.75, 3.05) is 29.9 Å². The molecule has 0 aliphatic heterocycles. The third-order valence-electron chi connectivity index (χ3n) is 2.58. The van der Waals surface area contributed by atoms with Gasteiger partial charge in [0.05, 0.1) is 0 Å². The Morgan fingerprint density at radius 1 is 1.05 bits per heavy atom. The van der Waals surface area contributed by atoms with Crippen LogP contribution in [0.1, 0.15) is 48.0 Å². The van der Waals surface area contributed by atoms with Crippen molar-refractivity contribution in [3.8, 4) is 6.01 Å². The molecule has 0 unspecified atom stereocenters. The number of aromatic nitrogens is 3. The van der Waals surface area contributed by atoms with Crippen LogP contribution in [0.5, 0.6) is 6.01 Å². The minimum atomic E-state index is -0.329. The molecule has 0 fully saturated rings. The summed E-state index contributed by atoms with van der Waals surface area (Å²) in [7, 11) is 0. The van der Waals surface area contributed by atoms with Gasteiger partial charge in [-0.2, -0.15) is 15.0 Å². The number of hydrogen-bond donors (Lipinski definition) is 1. The third-order valence-corrected chi connectivity index (χ3v) is 2.58. The standard InChI is InChI=1S/C14H27N5O/c1-7-10-15-11-16-12(19(8-2)9-3)18-13(17-11)20-14(4,5)6/h7-10H2,1-6H3,(H,15,16,17,18). The molecule has 1 heterocycles. The highest BCUT2D eigenvalue weighted by Crippen LogP contribution is 2.18. The summed E-state index contributed by atoms with van der Waals surface area (Å²) in [6, 6.07) is 0.369. The van der Waals surface area contributed by atoms with Crippen LogP contribution in [-0.2, 0) is 0 Å². The van der Waals surface area contributed by atoms with Gasteiger partial charge in [-0.25, -0.2) is 0 Å². The number of anilines is 2. The normalized spacial score (nSPS) is 11.3. The first-order valence-corrected chi connectivity index (χ1v) is 7.33. The molecule has 0 saturated heterocycles. The molecule has 114 valence electrons. The van der Waals surface area contributed by atoms with E-state index in [1.165, 1.54) is 0 Å². The minimum absolute atomic E-state index is 0.329. The van der Waals surface area contributed by atoms with Gasteiger partial charge in [0.25, 0.3) is 0 Å². The van der Waals surface area contributed by atoms with Crippen LogP contribution in [0.25, 0.3) is 0 Å². The van der Waals surface area contributed by atoms with Gasteiger partial charge in [-0.3, -0.25) is 0 Å². The predicted octanol–water partition coefficient (Wildman–Crippen LogP) is 2.72. The van der Waals surface area contributed by atoms with Gasteiger partial charge < -0.3 is 15.0 Å². The van der Waals surface area contributed by atoms with Gasteiger partial charge in [-0.05, 0) is 41.0 Å². The third kappa shape index (κ3) is 5.19. The van der Waals surface area contributed by atoms with E-state index in [0.717, 1.165) is 26.1 Å². The van der Waals surface area contributed by atoms with E-state index < -0.39 is 0 Å². The van der Waals surface area contributed by atoms with Crippen LogP contribution in [0, 0.1) is 0 Å². The SMILES string of the molecule is CCCNc1nc(OC(C)(C)C)nc(N(CC)CC)n1. The lowest BCUT2D eigenvalue weighted by Crippen LogP contribution is -2.28. The molecule has 6 nitrogen and oxygen atoms in total. The lowest BCUT2D eigenvalue weighted by atomic mass is 10.2. The largest absolute Gasteiger partial charge is 0.458 e. The van der Waals surface area contributed by atoms with Crippen LogP contribution in [0.4, 0.5) is 11.9 Å². The highest BCUT2D eigenvalue weighted by Gasteiger charge is 2.17. The highest BCUT2D eigenvalue weighted by atomic mass is 16.5. The maximum atomic E-state index is 5.77. The van der Waals surface area contributed by atoms with E-state index in [2.05, 4.69) is 45.9 Å². The molecule has 20 heavy (non-hydrogen) atoms. The van der Waals surface area contributed by atoms with E-state index in [0.29, 0.717) is 17.9 Å². The quantitative estimate of drug-likeness (QED) is 0.829. The van der Waals surface area contributed by atoms with Crippen molar-refractivity contribution < 1.29 is 4.74 Å². The van der Waals surface area contributed by atoms with Crippen molar-refractivity contribution in [3.05, 3.63) is 0 Å². The van der Waals surface area contributed by atoms with Gasteiger partial charge in [-0.1, -0.05) is 6.92 Å². The molecule has 0 amide bonds. The van der Waals surface area contributed by atoms with Gasteiger partial charge in [0.1, 0.15) is 5.60 Å². The number of nitrogens with one attached hydrogen (secondary N) is 1. The number of nitrogens with zero attached hydrogens (tertiary/aromatic N) is 4. The van der Waals surface area contributed by atoms with E-state index in [-0.39, 0.29) is 5.60 Å². The zero-order valence-corrected chi connectivity index (χ0v) is 13.5. The van der Waals surface area contributed by atoms with Crippen molar-refractivity contribution >= 4 is 11.9 Å². The fourth-order valence-corrected chi connectivity index (χ4v) is 1.63. The molecule has 0 aromatic carbocycles. The lowest BCUT2D eigenvalue weighted by molar-refractivity contribution is 0.117. The Morgan fingerprint density at radius 2 is 1.70 bits per heavy atom. The Hall–Kier alpha value is -1.59. The summed E-state index contributed by atoms with van der Waals surface area (Å²) in [5, 5.41) is 3.20. The highest BCUT2D eigenvalue weighted by molar-refractivity contribution is 5.38. The van der Waals surface area contributed by atoms with Crippen molar-refractivity contribution in [2.45, 2.75) is 53.6 Å². The molecular weight excluding hydrogens is 254 g/mol. The Labute approximate surface area is 122 Å². The first-order chi connectivity index (χ1) is 9.39. The first kappa shape index (κ1) is 16.5. The number of hydrogen-bond acceptors (Lipinski definition) is 6. The van der Waals surface area contributed by atoms with Crippen molar-refractivity contribution in [2.24, 2.45) is 0 Å². The minimum Gasteiger partial charge on any atom is -0.458 e. The fraction of sp³-hybridized carbons (Fsp3) is 0.786. The molecule has 1 aromatic heterocycles. The molecule has 0 bridgehead atoms. The summed E-state index contributed by atoms with van der Waals surface area (Å²) in [5.74, 6) is 1.23. The van der Waals surface area contributed by atoms with E-state index in [1.54, 1.807) is 0 Å². The van der Waals surface area contributed by atoms with E-state index in [4.69, 9.17) is 4.74 Å². The summed E-state index contributed by atoms with van der Waals surface area (Å²) < 4.78 is 5.77. The lowest BCUT2D eigenvalue weighted by Gasteiger charge is -2.23. The van der Waals surface area contributed by atoms with Gasteiger partial charge in [0, 0.05) is 19.6 Å². The van der Waals surface area contributed by atoms with E-state index in [9.17, 15) is 0 Å². The molecule has 1 rings (SSSR count). The van der Waals surface area contributed by atoms with Gasteiger partial charge in [0.2, 0.25) is 11.9 Å². The molecule has 0 radical (unpaired) electrons. The van der Waals surface area contributed by atoms with Gasteiger partial charge >= 0.3 is 6.01 Å². The summed E-state index contributed by atoms with van der Waals surface area (Å²) >= 11 is 0. The Morgan fingerprint density at radius 3 is 2.20 bits per heavy atom. The first-order valence-electron chi connectivity index (χ1n) is 7.33. The van der Waals surface area contributed by atoms with Crippen LogP contribution in [0.15, 0.2) is 0 Å². The second-order valence-electron chi connectivity index (χ2n) is 5.56. The van der Waals surface area contributed by atoms with E-state index >= 15 is 0 Å². The second-order valence-corrected chi connectivity index (χ2v) is 5.56. The fourth-order valence-electron chi connectivity index (χ4n) is 1.63. The van der Waals surface area contributed by atoms with Crippen molar-refractivity contribution in [3.63, 3.8) is 0 Å². The smallest absolute Gasteiger partial charge is 0.323 e. The Balaban J connectivity index is 3.06. The van der Waals surface area contributed by atoms with Gasteiger partial charge in [0.15, 0.2) is 0 Å². The summed E-state index contributed by atoms with van der Waals surface area (Å²) in [4.78, 5) is 15.3. The molecule has 0 aliphatic carbocycles. The molecule has 1 aromatic rings. The van der Waals surface area contributed by atoms with Gasteiger partial charge in [-0.15, -0.1) is 0 Å². The Bertz CT molecular complexity index is 413. The summed E-state index contributed by atoms with van der Waals surface area (Å²) in [6.45, 7) is 14.7. The topological polar surface area (TPSA) is 63.2 Å². The molecule has 0 saturated carbocycles. The number of rotatable bonds is 7. The summed E-state index contributed by atoms with van der Waals surface area (Å²) in [6.07, 6.45) is 1.02. The molecule has 1 N–H and O–H groups in total. The maximum Gasteiger partial charge on any atom is 0.323 e. The maximum absolute atomic E-state index is 5.77. The van der Waals surface area contributed by atoms with E-state index in [1.807, 2.05) is 20.8 Å². The average molecular weight is 281 g/mol. The van der Waals surface area contributed by atoms with Crippen LogP contribution < -0.4 is 15.0 Å². The zero-order chi connectivity index (χ0) is 15.2. The molecule has 6 heteroatoms. The Kier molecular flexibility index (Phi) is 5.98. The summed E-state index contributed by atoms with van der Waals surface area (Å²) in [5.41, 5.74) is -0.329. The van der Waals surface area contributed by atoms with Crippen LogP contribution in [0.3, 0.4) is 0 Å². The number of ether oxygens (including phenoxy) is 1. The van der Waals surface area contributed by atoms with Crippen LogP contribution in [-0.4, -0.2) is 40.2 Å². The molecule has 0 aliphatic rings. The van der Waals surface area contributed by atoms with Crippen molar-refractivity contribution in [1.82, 2.24) is 15.0 Å². The van der Waals surface area contributed by atoms with Crippen molar-refractivity contribution in [1.29, 1.82) is 0 Å². The molecule has 0 atom stereocenters. The van der Waals surface area contributed by atoms with Crippen LogP contribution >= 0.6 is 0 Å². The molecular formula is C14H27N5O. The second kappa shape index (κ2) is 7.26.